The molecule has 1 nitrogen and oxygen atoms in total. The summed E-state index contributed by atoms with van der Waals surface area (Å²) in [6, 6.07) is 28.0. The van der Waals surface area contributed by atoms with Crippen molar-refractivity contribution < 1.29 is 8.82 Å². The van der Waals surface area contributed by atoms with Crippen LogP contribution in [0.1, 0.15) is 25.0 Å². The van der Waals surface area contributed by atoms with Crippen LogP contribution in [-0.2, 0) is 10.9 Å². The fourth-order valence-electron chi connectivity index (χ4n) is 5.11. The molecule has 0 unspecified atom stereocenters. The van der Waals surface area contributed by atoms with Crippen LogP contribution in [0.4, 0.5) is 4.39 Å². The summed E-state index contributed by atoms with van der Waals surface area (Å²) >= 11 is 6.43. The van der Waals surface area contributed by atoms with Crippen molar-refractivity contribution in [2.24, 2.45) is 0 Å². The van der Waals surface area contributed by atoms with Gasteiger partial charge in [0, 0.05) is 21.9 Å². The maximum Gasteiger partial charge on any atom is 0.324 e. The lowest BCUT2D eigenvalue weighted by Crippen LogP contribution is -2.71. The third kappa shape index (κ3) is 2.59. The molecule has 0 spiro atoms. The van der Waals surface area contributed by atoms with Crippen molar-refractivity contribution >= 4 is 41.1 Å². The van der Waals surface area contributed by atoms with E-state index in [0.29, 0.717) is 5.88 Å². The van der Waals surface area contributed by atoms with Gasteiger partial charge in [0.2, 0.25) is 0 Å². The molecule has 5 rings (SSSR count). The standard InChI is InChI=1S/C26H22ClFOSi/c1-26(2)24-19(17-27)15-18-16-20(28)13-14-23(18)25(24)29-30(26,21-9-5-3-6-10-21)22-11-7-4-8-12-22/h3-16H,17H2,1-2H3. The van der Waals surface area contributed by atoms with Crippen LogP contribution in [0.3, 0.4) is 0 Å². The topological polar surface area (TPSA) is 9.23 Å². The SMILES string of the molecule is CC1(C)c2c(CCl)cc3cc(F)ccc3c2O[Si]1(c1ccccc1)c1ccccc1. The number of hydrogen-bond donors (Lipinski definition) is 0. The monoisotopic (exact) mass is 432 g/mol. The molecule has 0 N–H and O–H groups in total. The molecule has 150 valence electrons. The first kappa shape index (κ1) is 19.3. The highest BCUT2D eigenvalue weighted by Gasteiger charge is 2.61. The lowest BCUT2D eigenvalue weighted by atomic mass is 9.92. The molecule has 0 aliphatic carbocycles. The third-order valence-corrected chi connectivity index (χ3v) is 11.5. The van der Waals surface area contributed by atoms with Crippen LogP contribution in [0.5, 0.6) is 5.75 Å². The van der Waals surface area contributed by atoms with Gasteiger partial charge in [0.05, 0.1) is 0 Å². The molecule has 1 aliphatic heterocycles. The van der Waals surface area contributed by atoms with Gasteiger partial charge >= 0.3 is 8.32 Å². The Morgan fingerprint density at radius 2 is 1.47 bits per heavy atom. The Labute approximate surface area is 182 Å². The lowest BCUT2D eigenvalue weighted by molar-refractivity contribution is 0.569. The summed E-state index contributed by atoms with van der Waals surface area (Å²) in [6.45, 7) is 4.55. The fourth-order valence-corrected chi connectivity index (χ4v) is 10.1. The largest absolute Gasteiger partial charge is 0.533 e. The summed E-state index contributed by atoms with van der Waals surface area (Å²) in [5.41, 5.74) is 2.16. The van der Waals surface area contributed by atoms with Crippen LogP contribution < -0.4 is 14.8 Å². The molecule has 1 heterocycles. The summed E-state index contributed by atoms with van der Waals surface area (Å²) in [4.78, 5) is 0. The molecule has 0 fully saturated rings. The van der Waals surface area contributed by atoms with Gasteiger partial charge in [-0.25, -0.2) is 4.39 Å². The highest BCUT2D eigenvalue weighted by atomic mass is 35.5. The van der Waals surface area contributed by atoms with Gasteiger partial charge in [0.1, 0.15) is 11.6 Å². The zero-order chi connectivity index (χ0) is 20.9. The van der Waals surface area contributed by atoms with Gasteiger partial charge in [0.15, 0.2) is 0 Å². The number of fused-ring (bicyclic) bond motifs is 3. The average Bonchev–Trinajstić information content (AvgIpc) is 3.02. The molecule has 0 bridgehead atoms. The van der Waals surface area contributed by atoms with Gasteiger partial charge in [-0.3, -0.25) is 0 Å². The second kappa shape index (κ2) is 6.97. The molecule has 4 heteroatoms. The number of halogens is 2. The zero-order valence-corrected chi connectivity index (χ0v) is 18.7. The Kier molecular flexibility index (Phi) is 4.49. The lowest BCUT2D eigenvalue weighted by Gasteiger charge is -2.38. The number of hydrogen-bond acceptors (Lipinski definition) is 1. The van der Waals surface area contributed by atoms with Crippen molar-refractivity contribution in [3.63, 3.8) is 0 Å². The Bertz CT molecular complexity index is 1200. The number of alkyl halides is 1. The van der Waals surface area contributed by atoms with E-state index in [-0.39, 0.29) is 10.9 Å². The predicted octanol–water partition coefficient (Wildman–Crippen LogP) is 5.69. The molecule has 1 aliphatic rings. The quantitative estimate of drug-likeness (QED) is 0.298. The highest BCUT2D eigenvalue weighted by molar-refractivity contribution is 7.00. The average molecular weight is 433 g/mol. The summed E-state index contributed by atoms with van der Waals surface area (Å²) < 4.78 is 21.1. The van der Waals surface area contributed by atoms with Crippen molar-refractivity contribution in [1.82, 2.24) is 0 Å². The van der Waals surface area contributed by atoms with Crippen LogP contribution in [0, 0.1) is 5.82 Å². The second-order valence-electron chi connectivity index (χ2n) is 8.38. The van der Waals surface area contributed by atoms with Crippen LogP contribution in [-0.4, -0.2) is 8.32 Å². The number of benzene rings is 4. The van der Waals surface area contributed by atoms with E-state index in [1.807, 2.05) is 24.3 Å². The van der Waals surface area contributed by atoms with Crippen molar-refractivity contribution in [2.75, 3.05) is 0 Å². The maximum atomic E-state index is 14.0. The molecule has 4 aromatic rings. The van der Waals surface area contributed by atoms with Gasteiger partial charge in [0.25, 0.3) is 0 Å². The normalized spacial score (nSPS) is 16.3. The summed E-state index contributed by atoms with van der Waals surface area (Å²) in [5.74, 6) is 0.956. The fraction of sp³-hybridized carbons (Fsp3) is 0.154. The van der Waals surface area contributed by atoms with E-state index in [4.69, 9.17) is 16.0 Å². The van der Waals surface area contributed by atoms with Gasteiger partial charge in [-0.2, -0.15) is 0 Å². The van der Waals surface area contributed by atoms with E-state index in [0.717, 1.165) is 27.6 Å². The first-order chi connectivity index (χ1) is 14.5. The Hall–Kier alpha value is -2.62. The minimum absolute atomic E-state index is 0.255. The Balaban J connectivity index is 1.89. The molecule has 0 saturated heterocycles. The van der Waals surface area contributed by atoms with Gasteiger partial charge in [-0.1, -0.05) is 74.5 Å². The maximum absolute atomic E-state index is 14.0. The Morgan fingerprint density at radius 1 is 0.867 bits per heavy atom. The van der Waals surface area contributed by atoms with E-state index in [9.17, 15) is 4.39 Å². The van der Waals surface area contributed by atoms with E-state index in [2.05, 4.69) is 62.4 Å². The van der Waals surface area contributed by atoms with Crippen LogP contribution in [0.25, 0.3) is 10.8 Å². The van der Waals surface area contributed by atoms with Crippen molar-refractivity contribution in [3.05, 3.63) is 102 Å². The van der Waals surface area contributed by atoms with Crippen LogP contribution >= 0.6 is 11.6 Å². The molecule has 4 aromatic carbocycles. The minimum atomic E-state index is -2.75. The first-order valence-corrected chi connectivity index (χ1v) is 12.5. The van der Waals surface area contributed by atoms with Crippen molar-refractivity contribution in [3.8, 4) is 5.75 Å². The first-order valence-electron chi connectivity index (χ1n) is 10.1. The second-order valence-corrected chi connectivity index (χ2v) is 12.6. The smallest absolute Gasteiger partial charge is 0.324 e. The summed E-state index contributed by atoms with van der Waals surface area (Å²) in [6.07, 6.45) is 0. The van der Waals surface area contributed by atoms with E-state index >= 15 is 0 Å². The summed E-state index contributed by atoms with van der Waals surface area (Å²) in [7, 11) is -2.75. The highest BCUT2D eigenvalue weighted by Crippen LogP contribution is 2.51. The zero-order valence-electron chi connectivity index (χ0n) is 17.0. The van der Waals surface area contributed by atoms with Crippen LogP contribution in [0.15, 0.2) is 84.9 Å². The van der Waals surface area contributed by atoms with Gasteiger partial charge in [-0.15, -0.1) is 11.6 Å². The Morgan fingerprint density at radius 3 is 2.03 bits per heavy atom. The number of rotatable bonds is 3. The molecule has 0 atom stereocenters. The minimum Gasteiger partial charge on any atom is -0.533 e. The predicted molar refractivity (Wildman–Crippen MR) is 125 cm³/mol. The van der Waals surface area contributed by atoms with Crippen molar-refractivity contribution in [2.45, 2.75) is 24.8 Å². The molecule has 0 radical (unpaired) electrons. The van der Waals surface area contributed by atoms with E-state index in [1.54, 1.807) is 6.07 Å². The summed E-state index contributed by atoms with van der Waals surface area (Å²) in [5, 5.41) is 3.92. The van der Waals surface area contributed by atoms with Crippen molar-refractivity contribution in [1.29, 1.82) is 0 Å². The molecule has 0 aromatic heterocycles. The molecule has 0 amide bonds. The molecule has 0 saturated carbocycles. The van der Waals surface area contributed by atoms with Gasteiger partial charge < -0.3 is 4.43 Å². The van der Waals surface area contributed by atoms with E-state index < -0.39 is 8.32 Å². The molecular formula is C26H22ClFOSi. The van der Waals surface area contributed by atoms with Crippen LogP contribution in [0.2, 0.25) is 0 Å². The van der Waals surface area contributed by atoms with Gasteiger partial charge in [-0.05, 0) is 45.6 Å². The molecular weight excluding hydrogens is 411 g/mol. The van der Waals surface area contributed by atoms with E-state index in [1.165, 1.54) is 16.4 Å². The third-order valence-electron chi connectivity index (χ3n) is 6.40. The molecule has 30 heavy (non-hydrogen) atoms.